The number of nitrogens with zero attached hydrogens (tertiary/aromatic N) is 3. The van der Waals surface area contributed by atoms with Gasteiger partial charge in [0.2, 0.25) is 5.91 Å². The van der Waals surface area contributed by atoms with Crippen LogP contribution in [0.5, 0.6) is 0 Å². The summed E-state index contributed by atoms with van der Waals surface area (Å²) < 4.78 is 9.30. The molecule has 1 fully saturated rings. The number of fused-ring (bicyclic) bond motifs is 1. The Balaban J connectivity index is 1.83. The Morgan fingerprint density at radius 1 is 1.68 bits per heavy atom. The summed E-state index contributed by atoms with van der Waals surface area (Å²) >= 11 is 0. The fourth-order valence-electron chi connectivity index (χ4n) is 2.52. The number of aromatic nitrogens is 2. The molecule has 3 heterocycles. The fraction of sp³-hybridized carbons (Fsp3) is 0.286. The van der Waals surface area contributed by atoms with E-state index in [1.165, 1.54) is 6.20 Å². The topological polar surface area (TPSA) is 49.6 Å². The Morgan fingerprint density at radius 2 is 2.58 bits per heavy atom. The van der Waals surface area contributed by atoms with Crippen molar-refractivity contribution >= 4 is 17.1 Å². The second kappa shape index (κ2) is 4.76. The maximum absolute atomic E-state index is 11.8. The minimum absolute atomic E-state index is 0.0154. The molecule has 1 aliphatic heterocycles. The molecule has 1 unspecified atom stereocenters. The molecule has 1 amide bonds. The molecule has 3 rings (SSSR count). The van der Waals surface area contributed by atoms with E-state index in [1.54, 1.807) is 23.0 Å². The standard InChI is InChI=1S/C14H16N4O/c1-2-15-14(19)11-6-8-17(10-11)13-9-16-18-7-4-3-5-12(13)18/h2-5,7,9,11H,1,6,8,10H2,(H,15,19)/i4T. The van der Waals surface area contributed by atoms with Crippen molar-refractivity contribution in [3.8, 4) is 0 Å². The molecule has 0 bridgehead atoms. The minimum Gasteiger partial charge on any atom is -0.368 e. The number of hydrogen-bond donors (Lipinski definition) is 1. The van der Waals surface area contributed by atoms with Crippen molar-refractivity contribution in [2.75, 3.05) is 18.0 Å². The lowest BCUT2D eigenvalue weighted by Gasteiger charge is -2.16. The third-order valence-electron chi connectivity index (χ3n) is 3.49. The first-order valence-corrected chi connectivity index (χ1v) is 6.29. The molecular formula is C14H16N4O. The summed E-state index contributed by atoms with van der Waals surface area (Å²) in [5, 5.41) is 6.92. The van der Waals surface area contributed by atoms with E-state index in [4.69, 9.17) is 1.37 Å². The van der Waals surface area contributed by atoms with Crippen LogP contribution in [0, 0.1) is 5.92 Å². The molecule has 98 valence electrons. The van der Waals surface area contributed by atoms with E-state index in [-0.39, 0.29) is 11.8 Å². The number of amides is 1. The van der Waals surface area contributed by atoms with Crippen molar-refractivity contribution in [1.82, 2.24) is 14.9 Å². The van der Waals surface area contributed by atoms with Crippen molar-refractivity contribution in [3.05, 3.63) is 43.3 Å². The molecule has 5 heteroatoms. The van der Waals surface area contributed by atoms with Crippen LogP contribution in [0.3, 0.4) is 0 Å². The summed E-state index contributed by atoms with van der Waals surface area (Å²) in [5.74, 6) is 0.00539. The zero-order chi connectivity index (χ0) is 14.1. The SMILES string of the molecule is [3H]c1ccc2c(N3CCC(C(=O)NC=C)C3)cnn2c1. The van der Waals surface area contributed by atoms with Gasteiger partial charge in [0.05, 0.1) is 24.7 Å². The third-order valence-corrected chi connectivity index (χ3v) is 3.49. The van der Waals surface area contributed by atoms with Crippen molar-refractivity contribution in [2.24, 2.45) is 5.92 Å². The zero-order valence-corrected chi connectivity index (χ0v) is 10.5. The lowest BCUT2D eigenvalue weighted by molar-refractivity contribution is -0.123. The van der Waals surface area contributed by atoms with E-state index in [0.717, 1.165) is 24.2 Å². The number of rotatable bonds is 3. The highest BCUT2D eigenvalue weighted by Gasteiger charge is 2.29. The maximum Gasteiger partial charge on any atom is 0.228 e. The highest BCUT2D eigenvalue weighted by Crippen LogP contribution is 2.27. The highest BCUT2D eigenvalue weighted by atomic mass is 16.1. The number of pyridine rings is 1. The summed E-state index contributed by atoms with van der Waals surface area (Å²) in [6, 6.07) is 4.07. The average molecular weight is 258 g/mol. The molecule has 1 aliphatic rings. The van der Waals surface area contributed by atoms with Crippen LogP contribution >= 0.6 is 0 Å². The monoisotopic (exact) mass is 258 g/mol. The first-order valence-electron chi connectivity index (χ1n) is 6.79. The van der Waals surface area contributed by atoms with E-state index >= 15 is 0 Å². The summed E-state index contributed by atoms with van der Waals surface area (Å²) in [7, 11) is 0. The van der Waals surface area contributed by atoms with Crippen LogP contribution < -0.4 is 10.2 Å². The maximum atomic E-state index is 11.8. The lowest BCUT2D eigenvalue weighted by atomic mass is 10.1. The largest absolute Gasteiger partial charge is 0.368 e. The lowest BCUT2D eigenvalue weighted by Crippen LogP contribution is -2.29. The fourth-order valence-corrected chi connectivity index (χ4v) is 2.52. The van der Waals surface area contributed by atoms with E-state index in [9.17, 15) is 4.79 Å². The van der Waals surface area contributed by atoms with Crippen LogP contribution in [-0.4, -0.2) is 28.6 Å². The molecule has 5 nitrogen and oxygen atoms in total. The highest BCUT2D eigenvalue weighted by molar-refractivity contribution is 5.82. The van der Waals surface area contributed by atoms with Crippen LogP contribution in [-0.2, 0) is 4.79 Å². The molecule has 0 aliphatic carbocycles. The molecule has 1 atom stereocenters. The van der Waals surface area contributed by atoms with Gasteiger partial charge < -0.3 is 10.2 Å². The van der Waals surface area contributed by atoms with Crippen LogP contribution in [0.15, 0.2) is 43.3 Å². The van der Waals surface area contributed by atoms with Crippen molar-refractivity contribution in [2.45, 2.75) is 6.42 Å². The predicted molar refractivity (Wildman–Crippen MR) is 73.9 cm³/mol. The summed E-state index contributed by atoms with van der Waals surface area (Å²) in [5.41, 5.74) is 1.98. The Bertz CT molecular complexity index is 666. The minimum atomic E-state index is -0.0154. The van der Waals surface area contributed by atoms with Gasteiger partial charge in [0, 0.05) is 19.3 Å². The average Bonchev–Trinajstić information content (AvgIpc) is 3.04. The van der Waals surface area contributed by atoms with E-state index < -0.39 is 0 Å². The smallest absolute Gasteiger partial charge is 0.228 e. The van der Waals surface area contributed by atoms with Gasteiger partial charge in [-0.15, -0.1) is 0 Å². The van der Waals surface area contributed by atoms with E-state index in [1.807, 2.05) is 6.07 Å². The van der Waals surface area contributed by atoms with Gasteiger partial charge in [-0.3, -0.25) is 4.79 Å². The van der Waals surface area contributed by atoms with Gasteiger partial charge in [-0.1, -0.05) is 12.6 Å². The van der Waals surface area contributed by atoms with Crippen LogP contribution in [0.2, 0.25) is 0 Å². The Morgan fingerprint density at radius 3 is 3.42 bits per heavy atom. The second-order valence-corrected chi connectivity index (χ2v) is 4.63. The van der Waals surface area contributed by atoms with Gasteiger partial charge >= 0.3 is 0 Å². The summed E-state index contributed by atoms with van der Waals surface area (Å²) in [6.07, 6.45) is 5.73. The normalized spacial score (nSPS) is 19.5. The van der Waals surface area contributed by atoms with Gasteiger partial charge in [-0.2, -0.15) is 5.10 Å². The molecule has 1 saturated heterocycles. The van der Waals surface area contributed by atoms with Crippen molar-refractivity contribution in [3.63, 3.8) is 0 Å². The molecule has 0 spiro atoms. The molecule has 19 heavy (non-hydrogen) atoms. The zero-order valence-electron chi connectivity index (χ0n) is 11.5. The van der Waals surface area contributed by atoms with Crippen molar-refractivity contribution < 1.29 is 6.17 Å². The Labute approximate surface area is 112 Å². The molecule has 0 radical (unpaired) electrons. The van der Waals surface area contributed by atoms with Gasteiger partial charge in [0.1, 0.15) is 0 Å². The Hall–Kier alpha value is -2.30. The molecule has 1 N–H and O–H groups in total. The first kappa shape index (κ1) is 10.6. The summed E-state index contributed by atoms with van der Waals surface area (Å²) in [4.78, 5) is 14.0. The second-order valence-electron chi connectivity index (χ2n) is 4.63. The number of carbonyl (C=O) groups excluding carboxylic acids is 1. The first-order chi connectivity index (χ1) is 9.69. The van der Waals surface area contributed by atoms with Gasteiger partial charge in [0.25, 0.3) is 0 Å². The number of anilines is 1. The number of nitrogens with one attached hydrogen (secondary N) is 1. The molecule has 2 aromatic rings. The summed E-state index contributed by atoms with van der Waals surface area (Å²) in [6.45, 7) is 5.03. The quantitative estimate of drug-likeness (QED) is 0.906. The van der Waals surface area contributed by atoms with Crippen LogP contribution in [0.1, 0.15) is 7.79 Å². The van der Waals surface area contributed by atoms with Gasteiger partial charge in [-0.25, -0.2) is 4.52 Å². The molecular weight excluding hydrogens is 240 g/mol. The number of carbonyl (C=O) groups is 1. The van der Waals surface area contributed by atoms with Crippen molar-refractivity contribution in [1.29, 1.82) is 0 Å². The van der Waals surface area contributed by atoms with Crippen LogP contribution in [0.4, 0.5) is 5.69 Å². The molecule has 0 saturated carbocycles. The van der Waals surface area contributed by atoms with E-state index in [0.29, 0.717) is 12.6 Å². The van der Waals surface area contributed by atoms with Gasteiger partial charge in [-0.05, 0) is 24.7 Å². The predicted octanol–water partition coefficient (Wildman–Crippen LogP) is 1.42. The Kier molecular flexibility index (Phi) is 2.66. The third kappa shape index (κ3) is 2.07. The molecule has 0 aromatic carbocycles. The van der Waals surface area contributed by atoms with Gasteiger partial charge in [0.15, 0.2) is 0 Å². The molecule has 2 aromatic heterocycles. The number of hydrogen-bond acceptors (Lipinski definition) is 3. The van der Waals surface area contributed by atoms with E-state index in [2.05, 4.69) is 21.9 Å². The van der Waals surface area contributed by atoms with Crippen LogP contribution in [0.25, 0.3) is 5.52 Å².